The highest BCUT2D eigenvalue weighted by Crippen LogP contribution is 2.23. The molecular formula is C10H9Cl2NO2. The van der Waals surface area contributed by atoms with Crippen molar-refractivity contribution in [3.05, 3.63) is 33.8 Å². The lowest BCUT2D eigenvalue weighted by molar-refractivity contribution is -0.0768. The Bertz CT molecular complexity index is 389. The molecule has 0 atom stereocenters. The van der Waals surface area contributed by atoms with Crippen LogP contribution in [0.5, 0.6) is 0 Å². The van der Waals surface area contributed by atoms with E-state index < -0.39 is 0 Å². The van der Waals surface area contributed by atoms with E-state index in [1.807, 2.05) is 0 Å². The molecule has 0 aliphatic carbocycles. The molecular weight excluding hydrogens is 237 g/mol. The Hall–Kier alpha value is -0.770. The van der Waals surface area contributed by atoms with Gasteiger partial charge in [-0.05, 0) is 24.6 Å². The Morgan fingerprint density at radius 3 is 2.87 bits per heavy atom. The topological polar surface area (TPSA) is 29.5 Å². The Labute approximate surface area is 97.5 Å². The third-order valence-electron chi connectivity index (χ3n) is 2.14. The molecule has 1 amide bonds. The van der Waals surface area contributed by atoms with Gasteiger partial charge in [-0.25, -0.2) is 5.06 Å². The molecule has 2 rings (SSSR count). The molecule has 1 heterocycles. The largest absolute Gasteiger partial charge is 0.278 e. The summed E-state index contributed by atoms with van der Waals surface area (Å²) in [5.74, 6) is -0.236. The summed E-state index contributed by atoms with van der Waals surface area (Å²) in [4.78, 5) is 17.0. The van der Waals surface area contributed by atoms with Gasteiger partial charge in [0.25, 0.3) is 5.91 Å². The molecule has 1 aromatic carbocycles. The zero-order chi connectivity index (χ0) is 10.8. The van der Waals surface area contributed by atoms with Crippen LogP contribution in [0.4, 0.5) is 0 Å². The Balaban J connectivity index is 2.27. The van der Waals surface area contributed by atoms with Gasteiger partial charge in [0.2, 0.25) is 0 Å². The predicted octanol–water partition coefficient (Wildman–Crippen LogP) is 2.77. The average Bonchev–Trinajstić information content (AvgIpc) is 2.74. The van der Waals surface area contributed by atoms with Crippen molar-refractivity contribution < 1.29 is 9.63 Å². The summed E-state index contributed by atoms with van der Waals surface area (Å²) in [6, 6.07) is 4.80. The first-order chi connectivity index (χ1) is 7.18. The number of hydrogen-bond acceptors (Lipinski definition) is 2. The molecule has 0 spiro atoms. The van der Waals surface area contributed by atoms with E-state index >= 15 is 0 Å². The summed E-state index contributed by atoms with van der Waals surface area (Å²) >= 11 is 11.7. The second-order valence-corrected chi connectivity index (χ2v) is 4.06. The summed E-state index contributed by atoms with van der Waals surface area (Å²) in [6.45, 7) is 1.17. The number of amides is 1. The lowest BCUT2D eigenvalue weighted by Crippen LogP contribution is -2.26. The molecule has 15 heavy (non-hydrogen) atoms. The number of hydrogen-bond donors (Lipinski definition) is 0. The first-order valence-electron chi connectivity index (χ1n) is 4.58. The second-order valence-electron chi connectivity index (χ2n) is 3.22. The number of carbonyl (C=O) groups excluding carboxylic acids is 1. The van der Waals surface area contributed by atoms with Crippen LogP contribution >= 0.6 is 23.2 Å². The molecule has 3 nitrogen and oxygen atoms in total. The summed E-state index contributed by atoms with van der Waals surface area (Å²) in [5.41, 5.74) is 0.381. The van der Waals surface area contributed by atoms with Gasteiger partial charge >= 0.3 is 0 Å². The summed E-state index contributed by atoms with van der Waals surface area (Å²) in [6.07, 6.45) is 0.851. The molecule has 80 valence electrons. The van der Waals surface area contributed by atoms with E-state index in [1.165, 1.54) is 5.06 Å². The number of benzene rings is 1. The molecule has 0 radical (unpaired) electrons. The lowest BCUT2D eigenvalue weighted by atomic mass is 10.2. The number of hydroxylamine groups is 2. The van der Waals surface area contributed by atoms with Crippen LogP contribution in [-0.4, -0.2) is 24.1 Å². The van der Waals surface area contributed by atoms with Crippen molar-refractivity contribution in [2.45, 2.75) is 6.42 Å². The lowest BCUT2D eigenvalue weighted by Gasteiger charge is -2.14. The highest BCUT2D eigenvalue weighted by molar-refractivity contribution is 6.35. The van der Waals surface area contributed by atoms with Crippen LogP contribution in [0.1, 0.15) is 16.8 Å². The number of carbonyl (C=O) groups is 1. The van der Waals surface area contributed by atoms with Gasteiger partial charge in [0.15, 0.2) is 0 Å². The van der Waals surface area contributed by atoms with Gasteiger partial charge in [0.1, 0.15) is 0 Å². The minimum absolute atomic E-state index is 0.236. The van der Waals surface area contributed by atoms with Gasteiger partial charge in [0.05, 0.1) is 23.7 Å². The highest BCUT2D eigenvalue weighted by atomic mass is 35.5. The monoisotopic (exact) mass is 245 g/mol. The van der Waals surface area contributed by atoms with Crippen molar-refractivity contribution in [3.63, 3.8) is 0 Å². The van der Waals surface area contributed by atoms with E-state index in [-0.39, 0.29) is 5.91 Å². The predicted molar refractivity (Wildman–Crippen MR) is 58.1 cm³/mol. The van der Waals surface area contributed by atoms with Crippen LogP contribution in [-0.2, 0) is 4.84 Å². The SMILES string of the molecule is O=C(c1cc(Cl)ccc1Cl)N1CCCO1. The molecule has 0 aromatic heterocycles. The van der Waals surface area contributed by atoms with Crippen LogP contribution < -0.4 is 0 Å². The highest BCUT2D eigenvalue weighted by Gasteiger charge is 2.22. The molecule has 0 saturated carbocycles. The van der Waals surface area contributed by atoms with Gasteiger partial charge in [0, 0.05) is 5.02 Å². The third kappa shape index (κ3) is 2.25. The number of rotatable bonds is 1. The van der Waals surface area contributed by atoms with Gasteiger partial charge < -0.3 is 0 Å². The van der Waals surface area contributed by atoms with E-state index in [9.17, 15) is 4.79 Å². The normalized spacial score (nSPS) is 15.7. The van der Waals surface area contributed by atoms with Crippen molar-refractivity contribution >= 4 is 29.1 Å². The fourth-order valence-electron chi connectivity index (χ4n) is 1.40. The van der Waals surface area contributed by atoms with Crippen LogP contribution in [0.15, 0.2) is 18.2 Å². The van der Waals surface area contributed by atoms with Crippen molar-refractivity contribution in [2.24, 2.45) is 0 Å². The van der Waals surface area contributed by atoms with Crippen molar-refractivity contribution in [2.75, 3.05) is 13.2 Å². The number of halogens is 2. The van der Waals surface area contributed by atoms with Crippen LogP contribution in [0.2, 0.25) is 10.0 Å². The van der Waals surface area contributed by atoms with Crippen molar-refractivity contribution in [1.82, 2.24) is 5.06 Å². The molecule has 1 aliphatic heterocycles. The summed E-state index contributed by atoms with van der Waals surface area (Å²) in [5, 5.41) is 2.19. The zero-order valence-electron chi connectivity index (χ0n) is 7.87. The van der Waals surface area contributed by atoms with Gasteiger partial charge in [-0.2, -0.15) is 0 Å². The maximum absolute atomic E-state index is 11.9. The maximum Gasteiger partial charge on any atom is 0.278 e. The Kier molecular flexibility index (Phi) is 3.14. The fraction of sp³-hybridized carbons (Fsp3) is 0.300. The van der Waals surface area contributed by atoms with Gasteiger partial charge in [-0.1, -0.05) is 23.2 Å². The van der Waals surface area contributed by atoms with Crippen LogP contribution in [0.25, 0.3) is 0 Å². The summed E-state index contributed by atoms with van der Waals surface area (Å²) in [7, 11) is 0. The molecule has 1 saturated heterocycles. The first kappa shape index (κ1) is 10.7. The smallest absolute Gasteiger partial charge is 0.271 e. The van der Waals surface area contributed by atoms with E-state index in [0.717, 1.165) is 6.42 Å². The Morgan fingerprint density at radius 2 is 2.20 bits per heavy atom. The molecule has 1 fully saturated rings. The maximum atomic E-state index is 11.9. The molecule has 0 unspecified atom stereocenters. The van der Waals surface area contributed by atoms with E-state index in [4.69, 9.17) is 28.0 Å². The Morgan fingerprint density at radius 1 is 1.40 bits per heavy atom. The first-order valence-corrected chi connectivity index (χ1v) is 5.34. The molecule has 1 aliphatic rings. The van der Waals surface area contributed by atoms with Crippen molar-refractivity contribution in [3.8, 4) is 0 Å². The fourth-order valence-corrected chi connectivity index (χ4v) is 1.77. The number of nitrogens with zero attached hydrogens (tertiary/aromatic N) is 1. The molecule has 0 bridgehead atoms. The molecule has 1 aromatic rings. The van der Waals surface area contributed by atoms with E-state index in [2.05, 4.69) is 0 Å². The third-order valence-corrected chi connectivity index (χ3v) is 2.70. The van der Waals surface area contributed by atoms with Crippen molar-refractivity contribution in [1.29, 1.82) is 0 Å². The molecule has 5 heteroatoms. The molecule has 0 N–H and O–H groups in total. The standard InChI is InChI=1S/C10H9Cl2NO2/c11-7-2-3-9(12)8(6-7)10(14)13-4-1-5-15-13/h2-3,6H,1,4-5H2. The van der Waals surface area contributed by atoms with Gasteiger partial charge in [-0.3, -0.25) is 9.63 Å². The van der Waals surface area contributed by atoms with Crippen LogP contribution in [0.3, 0.4) is 0 Å². The summed E-state index contributed by atoms with van der Waals surface area (Å²) < 4.78 is 0. The van der Waals surface area contributed by atoms with Crippen LogP contribution in [0, 0.1) is 0 Å². The quantitative estimate of drug-likeness (QED) is 0.762. The van der Waals surface area contributed by atoms with Gasteiger partial charge in [-0.15, -0.1) is 0 Å². The zero-order valence-corrected chi connectivity index (χ0v) is 9.38. The van der Waals surface area contributed by atoms with E-state index in [1.54, 1.807) is 18.2 Å². The average molecular weight is 246 g/mol. The minimum Gasteiger partial charge on any atom is -0.271 e. The second kappa shape index (κ2) is 4.39. The minimum atomic E-state index is -0.236. The van der Waals surface area contributed by atoms with E-state index in [0.29, 0.717) is 28.8 Å².